The van der Waals surface area contributed by atoms with Crippen molar-refractivity contribution >= 4 is 5.91 Å². The maximum absolute atomic E-state index is 11.5. The molecule has 4 heteroatoms. The van der Waals surface area contributed by atoms with Crippen molar-refractivity contribution in [2.24, 2.45) is 5.92 Å². The summed E-state index contributed by atoms with van der Waals surface area (Å²) in [5.41, 5.74) is 0. The summed E-state index contributed by atoms with van der Waals surface area (Å²) in [4.78, 5) is 15.7. The van der Waals surface area contributed by atoms with E-state index >= 15 is 0 Å². The third-order valence-corrected chi connectivity index (χ3v) is 4.32. The minimum absolute atomic E-state index is 0.203. The minimum atomic E-state index is -0.400. The van der Waals surface area contributed by atoms with Crippen LogP contribution in [-0.4, -0.2) is 59.1 Å². The molecule has 1 N–H and O–H groups in total. The summed E-state index contributed by atoms with van der Waals surface area (Å²) < 4.78 is 0. The monoisotopic (exact) mass is 254 g/mol. The van der Waals surface area contributed by atoms with Gasteiger partial charge in [-0.3, -0.25) is 9.69 Å². The van der Waals surface area contributed by atoms with Crippen molar-refractivity contribution in [2.45, 2.75) is 51.7 Å². The molecule has 104 valence electrons. The molecule has 0 aromatic heterocycles. The van der Waals surface area contributed by atoms with Crippen LogP contribution in [0.25, 0.3) is 0 Å². The second-order valence-electron chi connectivity index (χ2n) is 6.07. The first-order valence-corrected chi connectivity index (χ1v) is 7.26. The number of aliphatic hydroxyl groups is 1. The Morgan fingerprint density at radius 2 is 2.11 bits per heavy atom. The van der Waals surface area contributed by atoms with E-state index in [-0.39, 0.29) is 5.91 Å². The van der Waals surface area contributed by atoms with Crippen LogP contribution in [0.5, 0.6) is 0 Å². The number of hydrogen-bond donors (Lipinski definition) is 1. The summed E-state index contributed by atoms with van der Waals surface area (Å²) in [6, 6.07) is 0.553. The van der Waals surface area contributed by atoms with E-state index in [2.05, 4.69) is 18.7 Å². The Hall–Kier alpha value is -0.610. The summed E-state index contributed by atoms with van der Waals surface area (Å²) in [5.74, 6) is 1.00. The number of aliphatic hydroxyl groups excluding tert-OH is 1. The Labute approximate surface area is 110 Å². The van der Waals surface area contributed by atoms with Gasteiger partial charge in [-0.15, -0.1) is 0 Å². The normalized spacial score (nSPS) is 31.9. The van der Waals surface area contributed by atoms with E-state index < -0.39 is 6.10 Å². The molecule has 0 aromatic carbocycles. The van der Waals surface area contributed by atoms with Gasteiger partial charge in [0.05, 0.1) is 6.10 Å². The highest BCUT2D eigenvalue weighted by Crippen LogP contribution is 2.22. The highest BCUT2D eigenvalue weighted by molar-refractivity contribution is 5.78. The number of hydrogen-bond acceptors (Lipinski definition) is 3. The average molecular weight is 254 g/mol. The molecule has 0 spiro atoms. The summed E-state index contributed by atoms with van der Waals surface area (Å²) in [6.45, 7) is 7.65. The Morgan fingerprint density at radius 1 is 1.33 bits per heavy atom. The van der Waals surface area contributed by atoms with E-state index in [1.165, 1.54) is 12.8 Å². The van der Waals surface area contributed by atoms with Crippen LogP contribution in [0.15, 0.2) is 0 Å². The molecule has 2 heterocycles. The second-order valence-corrected chi connectivity index (χ2v) is 6.07. The number of amides is 1. The highest BCUT2D eigenvalue weighted by Gasteiger charge is 2.27. The summed E-state index contributed by atoms with van der Waals surface area (Å²) >= 11 is 0. The molecule has 2 saturated heterocycles. The number of β-amino-alcohol motifs (C(OH)–C–C–N with tert-alkyl or cyclic N) is 1. The maximum atomic E-state index is 11.5. The van der Waals surface area contributed by atoms with E-state index in [9.17, 15) is 9.90 Å². The van der Waals surface area contributed by atoms with Gasteiger partial charge in [-0.1, -0.05) is 6.92 Å². The fourth-order valence-electron chi connectivity index (χ4n) is 3.21. The van der Waals surface area contributed by atoms with Crippen molar-refractivity contribution in [3.8, 4) is 0 Å². The van der Waals surface area contributed by atoms with Gasteiger partial charge in [-0.2, -0.15) is 0 Å². The second kappa shape index (κ2) is 6.02. The smallest absolute Gasteiger partial charge is 0.222 e. The number of carbonyl (C=O) groups excluding carboxylic acids is 1. The van der Waals surface area contributed by atoms with Gasteiger partial charge < -0.3 is 10.0 Å². The number of nitrogens with zero attached hydrogens (tertiary/aromatic N) is 2. The first kappa shape index (κ1) is 13.8. The molecule has 0 bridgehead atoms. The van der Waals surface area contributed by atoms with Crippen molar-refractivity contribution in [2.75, 3.05) is 26.2 Å². The molecule has 4 nitrogen and oxygen atoms in total. The number of likely N-dealkylation sites (tertiary alicyclic amines) is 2. The molecular formula is C14H26N2O2. The predicted octanol–water partition coefficient (Wildman–Crippen LogP) is 1.09. The maximum Gasteiger partial charge on any atom is 0.222 e. The highest BCUT2D eigenvalue weighted by atomic mass is 16.3. The van der Waals surface area contributed by atoms with Crippen LogP contribution in [-0.2, 0) is 4.79 Å². The van der Waals surface area contributed by atoms with Gasteiger partial charge in [0, 0.05) is 32.1 Å². The first-order valence-electron chi connectivity index (χ1n) is 7.26. The lowest BCUT2D eigenvalue weighted by atomic mass is 9.93. The van der Waals surface area contributed by atoms with E-state index in [1.54, 1.807) is 0 Å². The molecule has 3 atom stereocenters. The van der Waals surface area contributed by atoms with Crippen LogP contribution in [0.3, 0.4) is 0 Å². The zero-order chi connectivity index (χ0) is 13.1. The molecular weight excluding hydrogens is 228 g/mol. The average Bonchev–Trinajstić information content (AvgIpc) is 2.69. The molecule has 2 rings (SSSR count). The predicted molar refractivity (Wildman–Crippen MR) is 71.3 cm³/mol. The van der Waals surface area contributed by atoms with Crippen LogP contribution in [0, 0.1) is 5.92 Å². The zero-order valence-electron chi connectivity index (χ0n) is 11.6. The molecule has 1 amide bonds. The quantitative estimate of drug-likeness (QED) is 0.817. The molecule has 0 aliphatic carbocycles. The first-order chi connectivity index (χ1) is 8.56. The van der Waals surface area contributed by atoms with Gasteiger partial charge in [-0.25, -0.2) is 0 Å². The fraction of sp³-hybridized carbons (Fsp3) is 0.929. The Balaban J connectivity index is 1.76. The molecule has 3 unspecified atom stereocenters. The summed E-state index contributed by atoms with van der Waals surface area (Å²) in [5, 5.41) is 10.1. The van der Waals surface area contributed by atoms with E-state index in [0.29, 0.717) is 25.6 Å². The van der Waals surface area contributed by atoms with Gasteiger partial charge >= 0.3 is 0 Å². The molecule has 2 aliphatic heterocycles. The third-order valence-electron chi connectivity index (χ3n) is 4.32. The van der Waals surface area contributed by atoms with Gasteiger partial charge in [0.15, 0.2) is 0 Å². The fourth-order valence-corrected chi connectivity index (χ4v) is 3.21. The lowest BCUT2D eigenvalue weighted by Gasteiger charge is -2.38. The topological polar surface area (TPSA) is 43.8 Å². The summed E-state index contributed by atoms with van der Waals surface area (Å²) in [6.07, 6.45) is 3.64. The van der Waals surface area contributed by atoms with Crippen molar-refractivity contribution in [1.82, 2.24) is 9.80 Å². The zero-order valence-corrected chi connectivity index (χ0v) is 11.6. The number of carbonyl (C=O) groups is 1. The SMILES string of the molecule is CC1CCN(CC(O)CN2CCCC2=O)C(C)C1. The summed E-state index contributed by atoms with van der Waals surface area (Å²) in [7, 11) is 0. The molecule has 2 fully saturated rings. The largest absolute Gasteiger partial charge is 0.390 e. The van der Waals surface area contributed by atoms with Crippen LogP contribution >= 0.6 is 0 Å². The lowest BCUT2D eigenvalue weighted by molar-refractivity contribution is -0.129. The van der Waals surface area contributed by atoms with Crippen LogP contribution in [0.1, 0.15) is 39.5 Å². The van der Waals surface area contributed by atoms with E-state index in [0.717, 1.165) is 25.4 Å². The minimum Gasteiger partial charge on any atom is -0.390 e. The molecule has 0 radical (unpaired) electrons. The lowest BCUT2D eigenvalue weighted by Crippen LogP contribution is -2.47. The van der Waals surface area contributed by atoms with Crippen LogP contribution in [0.4, 0.5) is 0 Å². The van der Waals surface area contributed by atoms with Gasteiger partial charge in [0.2, 0.25) is 5.91 Å². The van der Waals surface area contributed by atoms with Gasteiger partial charge in [0.25, 0.3) is 0 Å². The Bertz CT molecular complexity index is 296. The standard InChI is InChI=1S/C14H26N2O2/c1-11-5-7-15(12(2)8-11)9-13(17)10-16-6-3-4-14(16)18/h11-13,17H,3-10H2,1-2H3. The third kappa shape index (κ3) is 3.45. The van der Waals surface area contributed by atoms with Crippen LogP contribution in [0.2, 0.25) is 0 Å². The van der Waals surface area contributed by atoms with Crippen molar-refractivity contribution < 1.29 is 9.90 Å². The van der Waals surface area contributed by atoms with Crippen molar-refractivity contribution in [1.29, 1.82) is 0 Å². The Kier molecular flexibility index (Phi) is 4.62. The number of rotatable bonds is 4. The van der Waals surface area contributed by atoms with E-state index in [1.807, 2.05) is 4.90 Å². The molecule has 18 heavy (non-hydrogen) atoms. The van der Waals surface area contributed by atoms with Crippen molar-refractivity contribution in [3.05, 3.63) is 0 Å². The molecule has 0 saturated carbocycles. The van der Waals surface area contributed by atoms with Gasteiger partial charge in [-0.05, 0) is 38.6 Å². The Morgan fingerprint density at radius 3 is 2.72 bits per heavy atom. The molecule has 2 aliphatic rings. The van der Waals surface area contributed by atoms with E-state index in [4.69, 9.17) is 0 Å². The van der Waals surface area contributed by atoms with Gasteiger partial charge in [0.1, 0.15) is 0 Å². The molecule has 0 aromatic rings. The number of piperidine rings is 1. The van der Waals surface area contributed by atoms with Crippen LogP contribution < -0.4 is 0 Å². The van der Waals surface area contributed by atoms with Crippen molar-refractivity contribution in [3.63, 3.8) is 0 Å².